The van der Waals surface area contributed by atoms with Crippen LogP contribution in [0.3, 0.4) is 0 Å². The van der Waals surface area contributed by atoms with Crippen LogP contribution in [0.2, 0.25) is 0 Å². The van der Waals surface area contributed by atoms with E-state index in [1.807, 2.05) is 12.3 Å². The van der Waals surface area contributed by atoms with Crippen LogP contribution in [0.25, 0.3) is 21.9 Å². The molecule has 0 fully saturated rings. The molecule has 4 heteroatoms. The average molecular weight is 488 g/mol. The van der Waals surface area contributed by atoms with Crippen molar-refractivity contribution in [1.82, 2.24) is 4.98 Å². The van der Waals surface area contributed by atoms with Crippen molar-refractivity contribution in [3.8, 4) is 0 Å². The first-order valence-corrected chi connectivity index (χ1v) is 13.7. The molecule has 37 heavy (non-hydrogen) atoms. The second-order valence-corrected chi connectivity index (χ2v) is 10.6. The number of aromatic nitrogens is 1. The molecule has 0 saturated carbocycles. The topological polar surface area (TPSA) is 32.5 Å². The SMILES string of the molecule is CCC1c2ccccc2N2c3cccnc3N(c3ccc4oc5ccccc5c4c3C)C2C1(CC)CC. The number of hydrogen-bond acceptors (Lipinski definition) is 4. The summed E-state index contributed by atoms with van der Waals surface area (Å²) >= 11 is 0. The largest absolute Gasteiger partial charge is 0.456 e. The molecule has 2 atom stereocenters. The Bertz CT molecular complexity index is 1650. The van der Waals surface area contributed by atoms with Crippen LogP contribution in [0.5, 0.6) is 0 Å². The van der Waals surface area contributed by atoms with Crippen molar-refractivity contribution in [2.75, 3.05) is 9.80 Å². The summed E-state index contributed by atoms with van der Waals surface area (Å²) in [6.45, 7) is 9.37. The molecule has 4 heterocycles. The highest BCUT2D eigenvalue weighted by molar-refractivity contribution is 6.09. The molecule has 0 saturated heterocycles. The van der Waals surface area contributed by atoms with Crippen molar-refractivity contribution in [2.24, 2.45) is 5.41 Å². The summed E-state index contributed by atoms with van der Waals surface area (Å²) in [7, 11) is 0. The molecule has 0 N–H and O–H groups in total. The van der Waals surface area contributed by atoms with E-state index >= 15 is 0 Å². The second kappa shape index (κ2) is 8.11. The maximum Gasteiger partial charge on any atom is 0.158 e. The standard InChI is InChI=1S/C33H33N3O/c1-5-24-22-13-8-10-15-26(22)35-27-16-12-20-34-31(27)36(32(35)33(24,6-2)7-3)25-18-19-29-30(21(25)4)23-14-9-11-17-28(23)37-29/h8-20,24,32H,5-7H2,1-4H3. The van der Waals surface area contributed by atoms with E-state index in [-0.39, 0.29) is 11.6 Å². The molecule has 5 aromatic rings. The van der Waals surface area contributed by atoms with Crippen LogP contribution >= 0.6 is 0 Å². The fourth-order valence-electron chi connectivity index (χ4n) is 7.61. The van der Waals surface area contributed by atoms with Crippen molar-refractivity contribution in [2.45, 2.75) is 59.0 Å². The van der Waals surface area contributed by atoms with Crippen LogP contribution in [-0.4, -0.2) is 11.1 Å². The minimum Gasteiger partial charge on any atom is -0.456 e. The fourth-order valence-corrected chi connectivity index (χ4v) is 7.61. The molecule has 186 valence electrons. The zero-order valence-electron chi connectivity index (χ0n) is 22.0. The predicted molar refractivity (Wildman–Crippen MR) is 153 cm³/mol. The van der Waals surface area contributed by atoms with Gasteiger partial charge in [-0.3, -0.25) is 0 Å². The first-order chi connectivity index (χ1) is 18.1. The van der Waals surface area contributed by atoms with Gasteiger partial charge in [0, 0.05) is 33.8 Å². The molecule has 0 bridgehead atoms. The van der Waals surface area contributed by atoms with E-state index in [9.17, 15) is 0 Å². The van der Waals surface area contributed by atoms with Gasteiger partial charge in [0.2, 0.25) is 0 Å². The van der Waals surface area contributed by atoms with Crippen LogP contribution in [-0.2, 0) is 0 Å². The Morgan fingerprint density at radius 1 is 0.784 bits per heavy atom. The van der Waals surface area contributed by atoms with Gasteiger partial charge in [-0.1, -0.05) is 57.2 Å². The van der Waals surface area contributed by atoms with Crippen molar-refractivity contribution >= 4 is 44.8 Å². The Morgan fingerprint density at radius 2 is 1.54 bits per heavy atom. The minimum atomic E-state index is 0.0592. The van der Waals surface area contributed by atoms with Gasteiger partial charge in [0.25, 0.3) is 0 Å². The Labute approximate surface area is 218 Å². The summed E-state index contributed by atoms with van der Waals surface area (Å²) < 4.78 is 6.25. The maximum absolute atomic E-state index is 6.25. The van der Waals surface area contributed by atoms with Gasteiger partial charge < -0.3 is 14.2 Å². The Morgan fingerprint density at radius 3 is 2.35 bits per heavy atom. The number of anilines is 4. The van der Waals surface area contributed by atoms with Crippen LogP contribution in [0, 0.1) is 12.3 Å². The molecule has 2 aromatic heterocycles. The van der Waals surface area contributed by atoms with Crippen LogP contribution in [0.15, 0.2) is 83.4 Å². The second-order valence-electron chi connectivity index (χ2n) is 10.6. The van der Waals surface area contributed by atoms with Crippen LogP contribution in [0.4, 0.5) is 22.9 Å². The van der Waals surface area contributed by atoms with Gasteiger partial charge in [-0.05, 0) is 79.6 Å². The minimum absolute atomic E-state index is 0.0592. The highest BCUT2D eigenvalue weighted by Crippen LogP contribution is 2.63. The molecule has 7 rings (SSSR count). The van der Waals surface area contributed by atoms with E-state index in [4.69, 9.17) is 9.40 Å². The molecule has 0 aliphatic carbocycles. The number of benzene rings is 3. The van der Waals surface area contributed by atoms with Crippen LogP contribution < -0.4 is 9.80 Å². The van der Waals surface area contributed by atoms with Crippen molar-refractivity contribution < 1.29 is 4.42 Å². The van der Waals surface area contributed by atoms with Crippen molar-refractivity contribution in [3.05, 3.63) is 90.1 Å². The van der Waals surface area contributed by atoms with Gasteiger partial charge in [0.05, 0.1) is 5.69 Å². The zero-order chi connectivity index (χ0) is 25.3. The Hall–Kier alpha value is -3.79. The van der Waals surface area contributed by atoms with Crippen LogP contribution in [0.1, 0.15) is 57.1 Å². The summed E-state index contributed by atoms with van der Waals surface area (Å²) in [5.74, 6) is 1.51. The molecule has 2 aliphatic heterocycles. The lowest BCUT2D eigenvalue weighted by atomic mass is 9.62. The smallest absolute Gasteiger partial charge is 0.158 e. The Balaban J connectivity index is 1.55. The molecule has 4 nitrogen and oxygen atoms in total. The molecule has 2 unspecified atom stereocenters. The lowest BCUT2D eigenvalue weighted by Crippen LogP contribution is -2.57. The van der Waals surface area contributed by atoms with E-state index in [0.29, 0.717) is 5.92 Å². The van der Waals surface area contributed by atoms with E-state index in [1.165, 1.54) is 39.0 Å². The number of aryl methyl sites for hydroxylation is 1. The molecule has 3 aromatic carbocycles. The van der Waals surface area contributed by atoms with Crippen molar-refractivity contribution in [3.63, 3.8) is 0 Å². The zero-order valence-corrected chi connectivity index (χ0v) is 22.0. The summed E-state index contributed by atoms with van der Waals surface area (Å²) in [5.41, 5.74) is 8.38. The van der Waals surface area contributed by atoms with E-state index in [2.05, 4.69) is 104 Å². The third kappa shape index (κ3) is 2.81. The quantitative estimate of drug-likeness (QED) is 0.253. The number of pyridine rings is 1. The van der Waals surface area contributed by atoms with E-state index in [1.54, 1.807) is 0 Å². The number of nitrogens with zero attached hydrogens (tertiary/aromatic N) is 3. The maximum atomic E-state index is 6.25. The normalized spacial score (nSPS) is 19.8. The number of hydrogen-bond donors (Lipinski definition) is 0. The molecule has 0 spiro atoms. The predicted octanol–water partition coefficient (Wildman–Crippen LogP) is 9.22. The Kier molecular flexibility index (Phi) is 4.91. The molecular formula is C33H33N3O. The van der Waals surface area contributed by atoms with E-state index < -0.39 is 0 Å². The lowest BCUT2D eigenvalue weighted by molar-refractivity contribution is 0.143. The van der Waals surface area contributed by atoms with Gasteiger partial charge in [0.15, 0.2) is 5.82 Å². The lowest BCUT2D eigenvalue weighted by Gasteiger charge is -2.55. The monoisotopic (exact) mass is 487 g/mol. The third-order valence-electron chi connectivity index (χ3n) is 9.28. The first-order valence-electron chi connectivity index (χ1n) is 13.7. The van der Waals surface area contributed by atoms with Gasteiger partial charge in [0.1, 0.15) is 17.3 Å². The summed E-state index contributed by atoms with van der Waals surface area (Å²) in [4.78, 5) is 10.2. The summed E-state index contributed by atoms with van der Waals surface area (Å²) in [6.07, 6.45) is 5.39. The average Bonchev–Trinajstić information content (AvgIpc) is 3.49. The number of rotatable bonds is 4. The van der Waals surface area contributed by atoms with Crippen molar-refractivity contribution in [1.29, 1.82) is 0 Å². The third-order valence-corrected chi connectivity index (χ3v) is 9.28. The van der Waals surface area contributed by atoms with E-state index in [0.717, 1.165) is 36.2 Å². The highest BCUT2D eigenvalue weighted by atomic mass is 16.3. The van der Waals surface area contributed by atoms with Gasteiger partial charge in [-0.25, -0.2) is 4.98 Å². The number of fused-ring (bicyclic) bond motifs is 8. The van der Waals surface area contributed by atoms with Gasteiger partial charge in [-0.2, -0.15) is 0 Å². The summed E-state index contributed by atoms with van der Waals surface area (Å²) in [6, 6.07) is 26.1. The molecule has 0 amide bonds. The summed E-state index contributed by atoms with van der Waals surface area (Å²) in [5, 5.41) is 2.37. The highest BCUT2D eigenvalue weighted by Gasteiger charge is 2.57. The van der Waals surface area contributed by atoms with Gasteiger partial charge >= 0.3 is 0 Å². The first kappa shape index (κ1) is 22.4. The number of furan rings is 1. The fraction of sp³-hybridized carbons (Fsp3) is 0.303. The van der Waals surface area contributed by atoms with Gasteiger partial charge in [-0.15, -0.1) is 0 Å². The molecule has 2 aliphatic rings. The molecule has 0 radical (unpaired) electrons. The number of para-hydroxylation sites is 2. The molecular weight excluding hydrogens is 454 g/mol.